The Bertz CT molecular complexity index is 733. The van der Waals surface area contributed by atoms with Crippen LogP contribution in [-0.4, -0.2) is 30.1 Å². The zero-order chi connectivity index (χ0) is 16.8. The van der Waals surface area contributed by atoms with Gasteiger partial charge in [-0.15, -0.1) is 0 Å². The van der Waals surface area contributed by atoms with E-state index in [1.807, 2.05) is 30.3 Å². The molecule has 0 spiro atoms. The maximum absolute atomic E-state index is 12.0. The molecule has 1 aliphatic rings. The van der Waals surface area contributed by atoms with Crippen LogP contribution in [0, 0.1) is 11.3 Å². The molecule has 0 atom stereocenters. The van der Waals surface area contributed by atoms with Crippen molar-refractivity contribution in [3.8, 4) is 6.07 Å². The lowest BCUT2D eigenvalue weighted by Crippen LogP contribution is -2.46. The van der Waals surface area contributed by atoms with Crippen molar-refractivity contribution < 1.29 is 4.79 Å². The first kappa shape index (κ1) is 15.8. The van der Waals surface area contributed by atoms with E-state index in [1.54, 1.807) is 18.3 Å². The summed E-state index contributed by atoms with van der Waals surface area (Å²) < 4.78 is 0. The fourth-order valence-corrected chi connectivity index (χ4v) is 2.85. The SMILES string of the molecule is N#Cc1cccnc1N1CCC(NC(=O)Nc2ccccc2)CC1. The van der Waals surface area contributed by atoms with Gasteiger partial charge in [0.1, 0.15) is 11.9 Å². The van der Waals surface area contributed by atoms with Crippen molar-refractivity contribution in [2.24, 2.45) is 0 Å². The summed E-state index contributed by atoms with van der Waals surface area (Å²) in [7, 11) is 0. The zero-order valence-electron chi connectivity index (χ0n) is 13.3. The molecule has 6 nitrogen and oxygen atoms in total. The number of benzene rings is 1. The van der Waals surface area contributed by atoms with E-state index in [-0.39, 0.29) is 12.1 Å². The normalized spacial score (nSPS) is 14.7. The van der Waals surface area contributed by atoms with Crippen LogP contribution in [0.3, 0.4) is 0 Å². The zero-order valence-corrected chi connectivity index (χ0v) is 13.3. The Balaban J connectivity index is 1.52. The standard InChI is InChI=1S/C18H19N5O/c19-13-14-5-4-10-20-17(14)23-11-8-16(9-12-23)22-18(24)21-15-6-2-1-3-7-15/h1-7,10,16H,8-9,11-12H2,(H2,21,22,24). The van der Waals surface area contributed by atoms with Crippen molar-refractivity contribution in [1.82, 2.24) is 10.3 Å². The quantitative estimate of drug-likeness (QED) is 0.911. The number of nitrogens with zero attached hydrogens (tertiary/aromatic N) is 3. The summed E-state index contributed by atoms with van der Waals surface area (Å²) >= 11 is 0. The van der Waals surface area contributed by atoms with E-state index in [9.17, 15) is 10.1 Å². The molecular weight excluding hydrogens is 302 g/mol. The average molecular weight is 321 g/mol. The smallest absolute Gasteiger partial charge is 0.319 e. The summed E-state index contributed by atoms with van der Waals surface area (Å²) in [5.74, 6) is 0.729. The maximum Gasteiger partial charge on any atom is 0.319 e. The fourth-order valence-electron chi connectivity index (χ4n) is 2.85. The molecule has 122 valence electrons. The number of para-hydroxylation sites is 1. The highest BCUT2D eigenvalue weighted by molar-refractivity contribution is 5.89. The van der Waals surface area contributed by atoms with Gasteiger partial charge < -0.3 is 15.5 Å². The molecule has 1 aromatic carbocycles. The van der Waals surface area contributed by atoms with Crippen LogP contribution in [0.25, 0.3) is 0 Å². The second kappa shape index (κ2) is 7.47. The first-order chi connectivity index (χ1) is 11.8. The molecule has 0 unspecified atom stereocenters. The molecule has 2 heterocycles. The Kier molecular flexibility index (Phi) is 4.92. The van der Waals surface area contributed by atoms with Crippen molar-refractivity contribution in [3.05, 3.63) is 54.2 Å². The molecule has 2 aromatic rings. The molecule has 1 saturated heterocycles. The van der Waals surface area contributed by atoms with E-state index in [2.05, 4.69) is 26.6 Å². The number of hydrogen-bond acceptors (Lipinski definition) is 4. The van der Waals surface area contributed by atoms with Crippen LogP contribution in [0.4, 0.5) is 16.3 Å². The molecule has 1 aromatic heterocycles. The summed E-state index contributed by atoms with van der Waals surface area (Å²) in [6.45, 7) is 1.53. The molecule has 24 heavy (non-hydrogen) atoms. The molecule has 0 aliphatic carbocycles. The summed E-state index contributed by atoms with van der Waals surface area (Å²) in [5.41, 5.74) is 1.37. The average Bonchev–Trinajstić information content (AvgIpc) is 2.63. The number of carbonyl (C=O) groups is 1. The third kappa shape index (κ3) is 3.82. The Morgan fingerprint density at radius 1 is 1.17 bits per heavy atom. The Hall–Kier alpha value is -3.07. The van der Waals surface area contributed by atoms with Crippen molar-refractivity contribution in [2.75, 3.05) is 23.3 Å². The summed E-state index contributed by atoms with van der Waals surface area (Å²) in [4.78, 5) is 18.5. The lowest BCUT2D eigenvalue weighted by atomic mass is 10.0. The topological polar surface area (TPSA) is 81.1 Å². The van der Waals surface area contributed by atoms with Crippen molar-refractivity contribution in [3.63, 3.8) is 0 Å². The molecule has 1 aliphatic heterocycles. The second-order valence-corrected chi connectivity index (χ2v) is 5.71. The third-order valence-corrected chi connectivity index (χ3v) is 4.07. The number of urea groups is 1. The van der Waals surface area contributed by atoms with Gasteiger partial charge >= 0.3 is 6.03 Å². The minimum Gasteiger partial charge on any atom is -0.355 e. The second-order valence-electron chi connectivity index (χ2n) is 5.71. The minimum atomic E-state index is -0.185. The highest BCUT2D eigenvalue weighted by Gasteiger charge is 2.23. The van der Waals surface area contributed by atoms with E-state index in [0.29, 0.717) is 5.56 Å². The van der Waals surface area contributed by atoms with Crippen molar-refractivity contribution in [2.45, 2.75) is 18.9 Å². The highest BCUT2D eigenvalue weighted by Crippen LogP contribution is 2.21. The molecule has 2 N–H and O–H groups in total. The predicted molar refractivity (Wildman–Crippen MR) is 92.8 cm³/mol. The molecule has 0 saturated carbocycles. The van der Waals surface area contributed by atoms with Gasteiger partial charge in [0, 0.05) is 31.0 Å². The Morgan fingerprint density at radius 3 is 2.62 bits per heavy atom. The number of pyridine rings is 1. The lowest BCUT2D eigenvalue weighted by Gasteiger charge is -2.33. The van der Waals surface area contributed by atoms with E-state index in [0.717, 1.165) is 37.4 Å². The predicted octanol–water partition coefficient (Wildman–Crippen LogP) is 2.74. The van der Waals surface area contributed by atoms with Crippen LogP contribution in [0.15, 0.2) is 48.7 Å². The molecule has 1 fully saturated rings. The first-order valence-electron chi connectivity index (χ1n) is 7.99. The Morgan fingerprint density at radius 2 is 1.92 bits per heavy atom. The van der Waals surface area contributed by atoms with E-state index in [4.69, 9.17) is 0 Å². The monoisotopic (exact) mass is 321 g/mol. The van der Waals surface area contributed by atoms with Gasteiger partial charge in [0.2, 0.25) is 0 Å². The van der Waals surface area contributed by atoms with E-state index >= 15 is 0 Å². The van der Waals surface area contributed by atoms with Crippen molar-refractivity contribution >= 4 is 17.5 Å². The molecule has 2 amide bonds. The van der Waals surface area contributed by atoms with Crippen molar-refractivity contribution in [1.29, 1.82) is 5.26 Å². The van der Waals surface area contributed by atoms with Gasteiger partial charge in [0.25, 0.3) is 0 Å². The number of nitriles is 1. The summed E-state index contributed by atoms with van der Waals surface area (Å²) in [6, 6.07) is 15.0. The third-order valence-electron chi connectivity index (χ3n) is 4.07. The van der Waals surface area contributed by atoms with Gasteiger partial charge in [0.05, 0.1) is 5.56 Å². The molecular formula is C18H19N5O. The van der Waals surface area contributed by atoms with Gasteiger partial charge in [-0.3, -0.25) is 0 Å². The van der Waals surface area contributed by atoms with E-state index < -0.39 is 0 Å². The molecule has 0 bridgehead atoms. The molecule has 3 rings (SSSR count). The maximum atomic E-state index is 12.0. The summed E-state index contributed by atoms with van der Waals surface area (Å²) in [6.07, 6.45) is 3.35. The fraction of sp³-hybridized carbons (Fsp3) is 0.278. The largest absolute Gasteiger partial charge is 0.355 e. The van der Waals surface area contributed by atoms with Crippen LogP contribution < -0.4 is 15.5 Å². The van der Waals surface area contributed by atoms with Gasteiger partial charge in [-0.2, -0.15) is 5.26 Å². The van der Waals surface area contributed by atoms with Gasteiger partial charge in [-0.05, 0) is 37.1 Å². The number of piperidine rings is 1. The number of carbonyl (C=O) groups excluding carboxylic acids is 1. The van der Waals surface area contributed by atoms with Crippen LogP contribution in [0.1, 0.15) is 18.4 Å². The number of nitrogens with one attached hydrogen (secondary N) is 2. The molecule has 0 radical (unpaired) electrons. The van der Waals surface area contributed by atoms with Crippen LogP contribution in [-0.2, 0) is 0 Å². The van der Waals surface area contributed by atoms with Crippen LogP contribution in [0.2, 0.25) is 0 Å². The number of rotatable bonds is 3. The number of hydrogen-bond donors (Lipinski definition) is 2. The summed E-state index contributed by atoms with van der Waals surface area (Å²) in [5, 5.41) is 15.0. The van der Waals surface area contributed by atoms with Crippen LogP contribution in [0.5, 0.6) is 0 Å². The van der Waals surface area contributed by atoms with Crippen LogP contribution >= 0.6 is 0 Å². The number of aromatic nitrogens is 1. The minimum absolute atomic E-state index is 0.124. The highest BCUT2D eigenvalue weighted by atomic mass is 16.2. The van der Waals surface area contributed by atoms with Gasteiger partial charge in [0.15, 0.2) is 0 Å². The lowest BCUT2D eigenvalue weighted by molar-refractivity contribution is 0.246. The number of amides is 2. The number of anilines is 2. The first-order valence-corrected chi connectivity index (χ1v) is 7.99. The van der Waals surface area contributed by atoms with Gasteiger partial charge in [-0.25, -0.2) is 9.78 Å². The van der Waals surface area contributed by atoms with Gasteiger partial charge in [-0.1, -0.05) is 18.2 Å². The Labute approximate surface area is 141 Å². The molecule has 6 heteroatoms. The van der Waals surface area contributed by atoms with E-state index in [1.165, 1.54) is 0 Å².